The molecule has 1 aliphatic heterocycles. The van der Waals surface area contributed by atoms with Crippen molar-refractivity contribution in [1.29, 1.82) is 0 Å². The molecule has 1 aromatic rings. The van der Waals surface area contributed by atoms with Crippen LogP contribution in [-0.4, -0.2) is 22.9 Å². The zero-order valence-electron chi connectivity index (χ0n) is 8.55. The summed E-state index contributed by atoms with van der Waals surface area (Å²) in [6.45, 7) is 1.77. The Morgan fingerprint density at radius 1 is 1.38 bits per heavy atom. The Kier molecular flexibility index (Phi) is 3.28. The first kappa shape index (κ1) is 11.2. The van der Waals surface area contributed by atoms with Crippen molar-refractivity contribution in [2.75, 3.05) is 5.43 Å². The van der Waals surface area contributed by atoms with Crippen molar-refractivity contribution in [1.82, 2.24) is 0 Å². The molecule has 0 amide bonds. The second-order valence-corrected chi connectivity index (χ2v) is 3.65. The average molecular weight is 243 g/mol. The van der Waals surface area contributed by atoms with E-state index in [4.69, 9.17) is 26.2 Å². The summed E-state index contributed by atoms with van der Waals surface area (Å²) in [7, 11) is 0. The van der Waals surface area contributed by atoms with E-state index in [1.807, 2.05) is 0 Å². The van der Waals surface area contributed by atoms with Crippen molar-refractivity contribution in [3.63, 3.8) is 0 Å². The predicted molar refractivity (Wildman–Crippen MR) is 60.4 cm³/mol. The molecule has 0 bridgehead atoms. The molecule has 0 atom stereocenters. The molecule has 2 rings (SSSR count). The van der Waals surface area contributed by atoms with Gasteiger partial charge in [-0.2, -0.15) is 5.10 Å². The van der Waals surface area contributed by atoms with Crippen molar-refractivity contribution in [2.24, 2.45) is 5.10 Å². The molecule has 0 aliphatic carbocycles. The van der Waals surface area contributed by atoms with E-state index in [9.17, 15) is 0 Å². The zero-order chi connectivity index (χ0) is 11.5. The number of hydrazone groups is 1. The molecule has 1 aromatic carbocycles. The Morgan fingerprint density at radius 3 is 2.56 bits per heavy atom. The van der Waals surface area contributed by atoms with Crippen LogP contribution < -0.4 is 5.43 Å². The summed E-state index contributed by atoms with van der Waals surface area (Å²) >= 11 is 5.82. The number of nitrogens with one attached hydrogen (secondary N) is 1. The lowest BCUT2D eigenvalue weighted by molar-refractivity contribution is -0.343. The van der Waals surface area contributed by atoms with Crippen molar-refractivity contribution in [2.45, 2.75) is 19.5 Å². The Morgan fingerprint density at radius 2 is 2.00 bits per heavy atom. The molecule has 0 spiro atoms. The van der Waals surface area contributed by atoms with Crippen LogP contribution in [0.25, 0.3) is 0 Å². The van der Waals surface area contributed by atoms with E-state index in [1.165, 1.54) is 0 Å². The van der Waals surface area contributed by atoms with Gasteiger partial charge in [0.25, 0.3) is 0 Å². The van der Waals surface area contributed by atoms with Gasteiger partial charge >= 0.3 is 0 Å². The smallest absolute Gasteiger partial charge is 0.219 e. The van der Waals surface area contributed by atoms with Crippen LogP contribution in [0.2, 0.25) is 0 Å². The number of benzene rings is 1. The van der Waals surface area contributed by atoms with E-state index in [1.54, 1.807) is 31.2 Å². The molecule has 0 aromatic heterocycles. The number of hydrogen-bond donors (Lipinski definition) is 2. The minimum atomic E-state index is -0.582. The van der Waals surface area contributed by atoms with E-state index in [2.05, 4.69) is 10.5 Å². The van der Waals surface area contributed by atoms with Crippen molar-refractivity contribution in [3.05, 3.63) is 24.3 Å². The van der Waals surface area contributed by atoms with Gasteiger partial charge in [0.2, 0.25) is 6.29 Å². The van der Waals surface area contributed by atoms with Crippen molar-refractivity contribution >= 4 is 22.5 Å². The zero-order valence-corrected chi connectivity index (χ0v) is 9.31. The SMILES string of the molecule is CC1OC(/C(Cl)=N/Nc2ccc(O)cc2)O1. The second kappa shape index (κ2) is 4.69. The molecule has 1 heterocycles. The highest BCUT2D eigenvalue weighted by Crippen LogP contribution is 2.19. The number of anilines is 1. The largest absolute Gasteiger partial charge is 0.508 e. The highest BCUT2D eigenvalue weighted by atomic mass is 35.5. The quantitative estimate of drug-likeness (QED) is 0.484. The van der Waals surface area contributed by atoms with Gasteiger partial charge in [-0.05, 0) is 31.2 Å². The van der Waals surface area contributed by atoms with Gasteiger partial charge in [0.15, 0.2) is 11.5 Å². The van der Waals surface area contributed by atoms with Gasteiger partial charge in [0.05, 0.1) is 5.69 Å². The summed E-state index contributed by atoms with van der Waals surface area (Å²) in [5.41, 5.74) is 3.43. The lowest BCUT2D eigenvalue weighted by Crippen LogP contribution is -2.42. The predicted octanol–water partition coefficient (Wildman–Crippen LogP) is 2.08. The average Bonchev–Trinajstić information content (AvgIpc) is 2.24. The molecule has 1 saturated heterocycles. The van der Waals surface area contributed by atoms with Crippen LogP contribution in [0, 0.1) is 0 Å². The highest BCUT2D eigenvalue weighted by molar-refractivity contribution is 6.66. The molecule has 6 heteroatoms. The lowest BCUT2D eigenvalue weighted by atomic mass is 10.3. The molecule has 0 radical (unpaired) electrons. The first-order valence-corrected chi connectivity index (χ1v) is 5.12. The van der Waals surface area contributed by atoms with Gasteiger partial charge in [-0.3, -0.25) is 5.43 Å². The number of nitrogens with zero attached hydrogens (tertiary/aromatic N) is 1. The topological polar surface area (TPSA) is 63.1 Å². The minimum absolute atomic E-state index is 0.195. The number of ether oxygens (including phenoxy) is 2. The number of rotatable bonds is 3. The fourth-order valence-corrected chi connectivity index (χ4v) is 1.32. The third-order valence-corrected chi connectivity index (χ3v) is 2.25. The Labute approximate surface area is 97.6 Å². The summed E-state index contributed by atoms with van der Waals surface area (Å²) in [5, 5.41) is 13.2. The molecule has 86 valence electrons. The van der Waals surface area contributed by atoms with Crippen LogP contribution >= 0.6 is 11.6 Å². The fourth-order valence-electron chi connectivity index (χ4n) is 1.18. The normalized spacial score (nSPS) is 25.0. The van der Waals surface area contributed by atoms with Crippen LogP contribution in [-0.2, 0) is 9.47 Å². The van der Waals surface area contributed by atoms with E-state index >= 15 is 0 Å². The summed E-state index contributed by atoms with van der Waals surface area (Å²) in [5.74, 6) is 0.195. The summed E-state index contributed by atoms with van der Waals surface area (Å²) in [6.07, 6.45) is -0.816. The third-order valence-electron chi connectivity index (χ3n) is 1.98. The summed E-state index contributed by atoms with van der Waals surface area (Å²) < 4.78 is 10.3. The van der Waals surface area contributed by atoms with Crippen LogP contribution in [0.5, 0.6) is 5.75 Å². The van der Waals surface area contributed by atoms with Crippen LogP contribution in [0.4, 0.5) is 5.69 Å². The van der Waals surface area contributed by atoms with Crippen LogP contribution in [0.15, 0.2) is 29.4 Å². The molecule has 0 saturated carbocycles. The monoisotopic (exact) mass is 242 g/mol. The van der Waals surface area contributed by atoms with Gasteiger partial charge in [-0.15, -0.1) is 0 Å². The number of hydrogen-bond acceptors (Lipinski definition) is 5. The lowest BCUT2D eigenvalue weighted by Gasteiger charge is -2.32. The van der Waals surface area contributed by atoms with Gasteiger partial charge in [-0.1, -0.05) is 11.6 Å². The van der Waals surface area contributed by atoms with Gasteiger partial charge in [0, 0.05) is 0 Å². The molecular weight excluding hydrogens is 232 g/mol. The van der Waals surface area contributed by atoms with E-state index < -0.39 is 6.29 Å². The van der Waals surface area contributed by atoms with Crippen LogP contribution in [0.3, 0.4) is 0 Å². The molecular formula is C10H11ClN2O3. The maximum atomic E-state index is 9.07. The van der Waals surface area contributed by atoms with Gasteiger partial charge in [0.1, 0.15) is 5.75 Å². The van der Waals surface area contributed by atoms with Crippen molar-refractivity contribution in [3.8, 4) is 5.75 Å². The van der Waals surface area contributed by atoms with Crippen molar-refractivity contribution < 1.29 is 14.6 Å². The van der Waals surface area contributed by atoms with E-state index in [0.29, 0.717) is 5.69 Å². The first-order valence-electron chi connectivity index (χ1n) is 4.74. The minimum Gasteiger partial charge on any atom is -0.508 e. The van der Waals surface area contributed by atoms with Gasteiger partial charge in [-0.25, -0.2) is 0 Å². The Hall–Kier alpha value is -1.30. The number of phenols is 1. The summed E-state index contributed by atoms with van der Waals surface area (Å²) in [4.78, 5) is 0. The number of phenolic OH excluding ortho intramolecular Hbond substituents is 1. The molecule has 1 fully saturated rings. The fraction of sp³-hybridized carbons (Fsp3) is 0.300. The molecule has 5 nitrogen and oxygen atoms in total. The summed E-state index contributed by atoms with van der Waals surface area (Å²) in [6, 6.07) is 6.44. The molecule has 16 heavy (non-hydrogen) atoms. The first-order chi connectivity index (χ1) is 7.65. The van der Waals surface area contributed by atoms with Crippen LogP contribution in [0.1, 0.15) is 6.92 Å². The molecule has 0 unspecified atom stereocenters. The third kappa shape index (κ3) is 2.63. The Balaban J connectivity index is 1.90. The van der Waals surface area contributed by atoms with Gasteiger partial charge < -0.3 is 14.6 Å². The van der Waals surface area contributed by atoms with E-state index in [-0.39, 0.29) is 17.2 Å². The molecule has 2 N–H and O–H groups in total. The van der Waals surface area contributed by atoms with E-state index in [0.717, 1.165) is 0 Å². The highest BCUT2D eigenvalue weighted by Gasteiger charge is 2.30. The standard InChI is InChI=1S/C10H11ClN2O3/c1-6-15-10(16-6)9(11)13-12-7-2-4-8(14)5-3-7/h2-6,10,12,14H,1H3/b13-9-. The maximum Gasteiger partial charge on any atom is 0.219 e. The Bertz CT molecular complexity index is 388. The number of halogens is 1. The molecule has 1 aliphatic rings. The second-order valence-electron chi connectivity index (χ2n) is 3.26. The maximum absolute atomic E-state index is 9.07. The number of aromatic hydroxyl groups is 1.